The SMILES string of the molecule is Cc1cc(C(=O)Nc2cnn3c2C(=O)N(c2ccc(C(F)(F)F)cc2)C[C@@H]3C)cc(Cl)n1. The molecule has 3 aromatic rings. The van der Waals surface area contributed by atoms with Gasteiger partial charge in [-0.1, -0.05) is 11.6 Å². The lowest BCUT2D eigenvalue weighted by atomic mass is 10.1. The molecule has 1 aromatic carbocycles. The van der Waals surface area contributed by atoms with Crippen LogP contribution >= 0.6 is 11.6 Å². The smallest absolute Gasteiger partial charge is 0.319 e. The fourth-order valence-electron chi connectivity index (χ4n) is 3.56. The lowest BCUT2D eigenvalue weighted by molar-refractivity contribution is -0.137. The zero-order valence-electron chi connectivity index (χ0n) is 16.9. The molecule has 2 aromatic heterocycles. The minimum atomic E-state index is -4.47. The summed E-state index contributed by atoms with van der Waals surface area (Å²) >= 11 is 5.92. The number of aromatic nitrogens is 3. The number of hydrogen-bond donors (Lipinski definition) is 1. The van der Waals surface area contributed by atoms with Crippen LogP contribution in [0.4, 0.5) is 24.5 Å². The fourth-order valence-corrected chi connectivity index (χ4v) is 3.81. The lowest BCUT2D eigenvalue weighted by Crippen LogP contribution is -2.43. The molecule has 2 amide bonds. The second kappa shape index (κ2) is 7.94. The van der Waals surface area contributed by atoms with Gasteiger partial charge >= 0.3 is 6.18 Å². The lowest BCUT2D eigenvalue weighted by Gasteiger charge is -2.32. The summed E-state index contributed by atoms with van der Waals surface area (Å²) < 4.78 is 40.1. The van der Waals surface area contributed by atoms with Gasteiger partial charge in [0.2, 0.25) is 0 Å². The Bertz CT molecular complexity index is 1190. The number of nitrogens with one attached hydrogen (secondary N) is 1. The minimum Gasteiger partial charge on any atom is -0.319 e. The molecule has 32 heavy (non-hydrogen) atoms. The Labute approximate surface area is 185 Å². The van der Waals surface area contributed by atoms with E-state index in [1.54, 1.807) is 13.0 Å². The third-order valence-electron chi connectivity index (χ3n) is 5.05. The average Bonchev–Trinajstić information content (AvgIpc) is 3.14. The van der Waals surface area contributed by atoms with Crippen LogP contribution in [0, 0.1) is 6.92 Å². The Kier molecular flexibility index (Phi) is 5.41. The van der Waals surface area contributed by atoms with Crippen molar-refractivity contribution >= 4 is 34.8 Å². The number of halogens is 4. The molecule has 0 unspecified atom stereocenters. The normalized spacial score (nSPS) is 16.1. The average molecular weight is 464 g/mol. The highest BCUT2D eigenvalue weighted by Gasteiger charge is 2.35. The van der Waals surface area contributed by atoms with Crippen molar-refractivity contribution in [2.75, 3.05) is 16.8 Å². The molecule has 166 valence electrons. The van der Waals surface area contributed by atoms with Gasteiger partial charge in [0.05, 0.1) is 23.5 Å². The van der Waals surface area contributed by atoms with E-state index in [4.69, 9.17) is 11.6 Å². The van der Waals surface area contributed by atoms with Crippen LogP contribution in [-0.4, -0.2) is 33.1 Å². The van der Waals surface area contributed by atoms with Crippen LogP contribution in [0.2, 0.25) is 5.15 Å². The zero-order chi connectivity index (χ0) is 23.2. The van der Waals surface area contributed by atoms with Gasteiger partial charge in [-0.2, -0.15) is 18.3 Å². The van der Waals surface area contributed by atoms with Gasteiger partial charge in [0.25, 0.3) is 11.8 Å². The quantitative estimate of drug-likeness (QED) is 0.569. The fraction of sp³-hybridized carbons (Fsp3) is 0.238. The van der Waals surface area contributed by atoms with E-state index < -0.39 is 23.6 Å². The topological polar surface area (TPSA) is 80.1 Å². The predicted octanol–water partition coefficient (Wildman–Crippen LogP) is 4.73. The highest BCUT2D eigenvalue weighted by atomic mass is 35.5. The molecule has 0 bridgehead atoms. The van der Waals surface area contributed by atoms with Crippen molar-refractivity contribution < 1.29 is 22.8 Å². The van der Waals surface area contributed by atoms with Crippen LogP contribution in [0.3, 0.4) is 0 Å². The molecule has 0 saturated carbocycles. The van der Waals surface area contributed by atoms with Gasteiger partial charge in [-0.25, -0.2) is 4.98 Å². The van der Waals surface area contributed by atoms with E-state index in [2.05, 4.69) is 15.4 Å². The Morgan fingerprint density at radius 3 is 2.53 bits per heavy atom. The molecule has 4 rings (SSSR count). The standard InChI is InChI=1S/C21H17ClF3N5O2/c1-11-7-13(8-17(22)27-11)19(31)28-16-9-26-30-12(2)10-29(20(32)18(16)30)15-5-3-14(4-6-15)21(23,24)25/h3-9,12H,10H2,1-2H3,(H,28,31)/t12-/m0/s1. The molecule has 0 aliphatic carbocycles. The van der Waals surface area contributed by atoms with Crippen LogP contribution in [0.25, 0.3) is 0 Å². The number of benzene rings is 1. The molecule has 11 heteroatoms. The maximum Gasteiger partial charge on any atom is 0.416 e. The number of fused-ring (bicyclic) bond motifs is 1. The van der Waals surface area contributed by atoms with E-state index in [1.807, 2.05) is 6.92 Å². The maximum atomic E-state index is 13.2. The van der Waals surface area contributed by atoms with Gasteiger partial charge < -0.3 is 10.2 Å². The Balaban J connectivity index is 1.64. The van der Waals surface area contributed by atoms with E-state index >= 15 is 0 Å². The van der Waals surface area contributed by atoms with Crippen LogP contribution in [-0.2, 0) is 6.18 Å². The summed E-state index contributed by atoms with van der Waals surface area (Å²) in [4.78, 5) is 31.3. The molecule has 0 fully saturated rings. The molecular formula is C21H17ClF3N5O2. The Hall–Kier alpha value is -3.40. The first-order chi connectivity index (χ1) is 15.0. The van der Waals surface area contributed by atoms with Crippen LogP contribution < -0.4 is 10.2 Å². The summed E-state index contributed by atoms with van der Waals surface area (Å²) in [7, 11) is 0. The van der Waals surface area contributed by atoms with Crippen molar-refractivity contribution in [3.63, 3.8) is 0 Å². The summed E-state index contributed by atoms with van der Waals surface area (Å²) in [5, 5.41) is 7.04. The molecule has 1 aliphatic heterocycles. The summed E-state index contributed by atoms with van der Waals surface area (Å²) in [6.45, 7) is 3.72. The van der Waals surface area contributed by atoms with Crippen LogP contribution in [0.15, 0.2) is 42.6 Å². The van der Waals surface area contributed by atoms with Crippen LogP contribution in [0.5, 0.6) is 0 Å². The zero-order valence-corrected chi connectivity index (χ0v) is 17.7. The highest BCUT2D eigenvalue weighted by molar-refractivity contribution is 6.30. The van der Waals surface area contributed by atoms with Crippen molar-refractivity contribution in [1.82, 2.24) is 14.8 Å². The second-order valence-electron chi connectivity index (χ2n) is 7.43. The van der Waals surface area contributed by atoms with E-state index in [0.717, 1.165) is 12.1 Å². The molecule has 3 heterocycles. The molecule has 0 saturated heterocycles. The second-order valence-corrected chi connectivity index (χ2v) is 7.82. The van der Waals surface area contributed by atoms with Crippen LogP contribution in [0.1, 0.15) is 45.1 Å². The number of hydrogen-bond acceptors (Lipinski definition) is 4. The molecule has 1 aliphatic rings. The maximum absolute atomic E-state index is 13.2. The Morgan fingerprint density at radius 2 is 1.91 bits per heavy atom. The number of nitrogens with zero attached hydrogens (tertiary/aromatic N) is 4. The first kappa shape index (κ1) is 21.8. The van der Waals surface area contributed by atoms with E-state index in [9.17, 15) is 22.8 Å². The van der Waals surface area contributed by atoms with Gasteiger partial charge in [0.15, 0.2) is 5.69 Å². The largest absolute Gasteiger partial charge is 0.416 e. The molecule has 1 atom stereocenters. The third kappa shape index (κ3) is 4.05. The molecule has 7 nitrogen and oxygen atoms in total. The van der Waals surface area contributed by atoms with Gasteiger partial charge in [0, 0.05) is 23.5 Å². The number of alkyl halides is 3. The summed E-state index contributed by atoms with van der Waals surface area (Å²) in [6.07, 6.45) is -3.10. The van der Waals surface area contributed by atoms with Gasteiger partial charge in [-0.05, 0) is 50.2 Å². The summed E-state index contributed by atoms with van der Waals surface area (Å²) in [5.74, 6) is -0.986. The summed E-state index contributed by atoms with van der Waals surface area (Å²) in [5.41, 5.74) is 0.651. The molecular weight excluding hydrogens is 447 g/mol. The number of carbonyl (C=O) groups excluding carboxylic acids is 2. The number of carbonyl (C=O) groups is 2. The highest BCUT2D eigenvalue weighted by Crippen LogP contribution is 2.33. The number of aryl methyl sites for hydroxylation is 1. The van der Waals surface area contributed by atoms with Crippen molar-refractivity contribution in [1.29, 1.82) is 0 Å². The monoisotopic (exact) mass is 463 g/mol. The van der Waals surface area contributed by atoms with Crippen molar-refractivity contribution in [3.8, 4) is 0 Å². The number of anilines is 2. The van der Waals surface area contributed by atoms with Gasteiger partial charge in [0.1, 0.15) is 5.15 Å². The molecule has 1 N–H and O–H groups in total. The predicted molar refractivity (Wildman–Crippen MR) is 112 cm³/mol. The van der Waals surface area contributed by atoms with E-state index in [-0.39, 0.29) is 34.7 Å². The molecule has 0 radical (unpaired) electrons. The van der Waals surface area contributed by atoms with Crippen molar-refractivity contribution in [2.24, 2.45) is 0 Å². The molecule has 0 spiro atoms. The van der Waals surface area contributed by atoms with E-state index in [1.165, 1.54) is 34.0 Å². The summed E-state index contributed by atoms with van der Waals surface area (Å²) in [6, 6.07) is 7.04. The first-order valence-electron chi connectivity index (χ1n) is 9.57. The first-order valence-corrected chi connectivity index (χ1v) is 9.94. The van der Waals surface area contributed by atoms with Crippen molar-refractivity contribution in [3.05, 3.63) is 70.3 Å². The minimum absolute atomic E-state index is 0.133. The van der Waals surface area contributed by atoms with Crippen molar-refractivity contribution in [2.45, 2.75) is 26.1 Å². The number of amides is 2. The Morgan fingerprint density at radius 1 is 1.22 bits per heavy atom. The van der Waals surface area contributed by atoms with Gasteiger partial charge in [-0.15, -0.1) is 0 Å². The van der Waals surface area contributed by atoms with E-state index in [0.29, 0.717) is 11.4 Å². The number of pyridine rings is 1. The number of rotatable bonds is 3. The third-order valence-corrected chi connectivity index (χ3v) is 5.24. The van der Waals surface area contributed by atoms with Gasteiger partial charge in [-0.3, -0.25) is 14.3 Å².